The molecule has 15 heteroatoms. The summed E-state index contributed by atoms with van der Waals surface area (Å²) in [5, 5.41) is 34.5. The Bertz CT molecular complexity index is 270. The van der Waals surface area contributed by atoms with E-state index in [2.05, 4.69) is 46.1 Å². The van der Waals surface area contributed by atoms with Crippen molar-refractivity contribution in [3.8, 4) is 0 Å². The van der Waals surface area contributed by atoms with Crippen LogP contribution in [-0.4, -0.2) is 177 Å². The van der Waals surface area contributed by atoms with Crippen molar-refractivity contribution < 1.29 is 109 Å². The van der Waals surface area contributed by atoms with Gasteiger partial charge in [-0.2, -0.15) is 36.2 Å². The Morgan fingerprint density at radius 3 is 1.58 bits per heavy atom. The van der Waals surface area contributed by atoms with Crippen LogP contribution in [0.15, 0.2) is 0 Å². The van der Waals surface area contributed by atoms with Crippen molar-refractivity contribution in [1.82, 2.24) is 0 Å². The van der Waals surface area contributed by atoms with Crippen molar-refractivity contribution in [2.45, 2.75) is 19.3 Å². The van der Waals surface area contributed by atoms with Gasteiger partial charge in [-0.25, -0.2) is 0 Å². The second-order valence-electron chi connectivity index (χ2n) is 5.04. The summed E-state index contributed by atoms with van der Waals surface area (Å²) in [7, 11) is 0. The topological polar surface area (TPSA) is 129 Å². The van der Waals surface area contributed by atoms with Crippen LogP contribution >= 0.6 is 52.1 Å². The van der Waals surface area contributed by atoms with Crippen LogP contribution in [0.1, 0.15) is 19.3 Å². The minimum absolute atomic E-state index is 0. The molecule has 0 aromatic rings. The summed E-state index contributed by atoms with van der Waals surface area (Å²) in [6, 6.07) is 0. The number of aliphatic hydroxyl groups is 3. The molecule has 0 saturated heterocycles. The van der Waals surface area contributed by atoms with Crippen LogP contribution in [0, 0.1) is 0 Å². The second kappa shape index (κ2) is 61.3. The van der Waals surface area contributed by atoms with Gasteiger partial charge in [-0.15, -0.1) is 0 Å². The molecule has 1 radical (unpaired) electrons. The Labute approximate surface area is 346 Å². The minimum atomic E-state index is -0.181. The van der Waals surface area contributed by atoms with E-state index in [1.54, 1.807) is 0 Å². The third-order valence-corrected chi connectivity index (χ3v) is 5.46. The molecule has 33 heavy (non-hydrogen) atoms. The Morgan fingerprint density at radius 2 is 1.30 bits per heavy atom. The molecule has 0 saturated carbocycles. The van der Waals surface area contributed by atoms with Gasteiger partial charge in [-0.3, -0.25) is 4.79 Å². The van der Waals surface area contributed by atoms with Gasteiger partial charge in [-0.05, 0) is 43.4 Å². The summed E-state index contributed by atoms with van der Waals surface area (Å²) in [5.74, 6) is 5.79. The maximum Gasteiger partial charge on any atom is 1.00 e. The molecule has 0 aliphatic carbocycles. The molecular weight excluding hydrogens is 818 g/mol. The van der Waals surface area contributed by atoms with E-state index >= 15 is 0 Å². The molecule has 0 heterocycles. The summed E-state index contributed by atoms with van der Waals surface area (Å²) in [4.78, 5) is 11.2. The van der Waals surface area contributed by atoms with Crippen molar-refractivity contribution in [3.63, 3.8) is 0 Å². The van der Waals surface area contributed by atoms with E-state index in [-0.39, 0.29) is 157 Å². The SMILES string of the molecule is O=CO[O-].OCCCBr.OCCCSCCOCCSCCCO.SCCOCC[SH2+].[Cs+].[Cs]. The quantitative estimate of drug-likeness (QED) is 0.0203. The van der Waals surface area contributed by atoms with Crippen LogP contribution in [0.3, 0.4) is 0 Å². The van der Waals surface area contributed by atoms with Crippen LogP contribution in [0.4, 0.5) is 0 Å². The first-order chi connectivity index (χ1) is 15.2. The Morgan fingerprint density at radius 1 is 0.879 bits per heavy atom. The second-order valence-corrected chi connectivity index (χ2v) is 9.23. The van der Waals surface area contributed by atoms with Crippen molar-refractivity contribution in [3.05, 3.63) is 0 Å². The molecule has 0 spiro atoms. The standard InChI is InChI=1S/C10H22O3S2.C4H10OS2.C3H7BrO.CH2O3.2Cs/c11-3-1-7-14-9-5-13-6-10-15-8-2-4-12;6-3-1-5-2-4-7;4-2-1-3-5;2-1-4-3;;/h11-12H,1-10H2;6-7H,1-4H2;5H,1-3H2;1,3H;;/q;;;;;+1. The normalized spacial score (nSPS) is 8.82. The number of carbonyl (C=O) groups is 1. The first kappa shape index (κ1) is 51.0. The molecule has 0 aliphatic heterocycles. The number of thioether (sulfide) groups is 2. The van der Waals surface area contributed by atoms with E-state index in [9.17, 15) is 0 Å². The molecule has 0 fully saturated rings. The number of aliphatic hydroxyl groups excluding tert-OH is 3. The largest absolute Gasteiger partial charge is 1.00 e. The van der Waals surface area contributed by atoms with Gasteiger partial charge in [0.25, 0.3) is 6.47 Å². The number of hydrogen-bond acceptors (Lipinski definition) is 11. The minimum Gasteiger partial charge on any atom is -0.662 e. The number of thiol groups is 1. The van der Waals surface area contributed by atoms with Gasteiger partial charge in [-0.1, -0.05) is 15.9 Å². The maximum absolute atomic E-state index is 8.64. The smallest absolute Gasteiger partial charge is 0.662 e. The summed E-state index contributed by atoms with van der Waals surface area (Å²) in [5.41, 5.74) is 0. The number of alkyl halides is 1. The Kier molecular flexibility index (Phi) is 94.7. The summed E-state index contributed by atoms with van der Waals surface area (Å²) >= 11 is 14.0. The van der Waals surface area contributed by atoms with Crippen LogP contribution in [0.5, 0.6) is 0 Å². The fourth-order valence-corrected chi connectivity index (χ4v) is 3.24. The monoisotopic (exact) mass is 858 g/mol. The molecule has 0 unspecified atom stereocenters. The van der Waals surface area contributed by atoms with Gasteiger partial charge < -0.3 is 34.9 Å². The van der Waals surface area contributed by atoms with Gasteiger partial charge in [0.2, 0.25) is 0 Å². The van der Waals surface area contributed by atoms with Crippen LogP contribution in [0.25, 0.3) is 0 Å². The van der Waals surface area contributed by atoms with Gasteiger partial charge in [0.15, 0.2) is 0 Å². The van der Waals surface area contributed by atoms with E-state index < -0.39 is 0 Å². The molecule has 0 aliphatic rings. The van der Waals surface area contributed by atoms with Gasteiger partial charge in [0.05, 0.1) is 26.4 Å². The predicted molar refractivity (Wildman–Crippen MR) is 147 cm³/mol. The number of carbonyl (C=O) groups excluding carboxylic acids is 1. The van der Waals surface area contributed by atoms with Gasteiger partial charge in [0, 0.05) is 111 Å². The van der Waals surface area contributed by atoms with E-state index in [4.69, 9.17) is 34.8 Å². The zero-order valence-corrected chi connectivity index (χ0v) is 37.8. The van der Waals surface area contributed by atoms with Crippen LogP contribution in [-0.2, 0) is 31.8 Å². The fourth-order valence-electron chi connectivity index (χ4n) is 1.17. The molecule has 0 rings (SSSR count). The predicted octanol–water partition coefficient (Wildman–Crippen LogP) is -3.00. The average molecular weight is 860 g/mol. The average Bonchev–Trinajstić information content (AvgIpc) is 2.79. The van der Waals surface area contributed by atoms with Gasteiger partial charge >= 0.3 is 68.9 Å². The molecule has 0 aromatic heterocycles. The van der Waals surface area contributed by atoms with Crippen molar-refractivity contribution in [1.29, 1.82) is 0 Å². The van der Waals surface area contributed by atoms with E-state index in [0.717, 1.165) is 85.5 Å². The molecule has 193 valence electrons. The summed E-state index contributed by atoms with van der Waals surface area (Å²) in [6.07, 6.45) is 2.61. The molecule has 0 aromatic carbocycles. The van der Waals surface area contributed by atoms with Crippen LogP contribution in [0.2, 0.25) is 0 Å². The Balaban J connectivity index is -0.0000000847. The first-order valence-corrected chi connectivity index (χ1v) is 14.6. The number of rotatable bonds is 19. The maximum atomic E-state index is 8.64. The van der Waals surface area contributed by atoms with E-state index in [1.165, 1.54) is 0 Å². The molecule has 0 atom stereocenters. The Hall–Kier alpha value is 5.21. The van der Waals surface area contributed by atoms with Crippen LogP contribution < -0.4 is 74.2 Å². The number of hydrogen-bond donors (Lipinski definition) is 4. The number of ether oxygens (including phenoxy) is 2. The zero-order valence-electron chi connectivity index (χ0n) is 20.1. The van der Waals surface area contributed by atoms with Crippen molar-refractivity contribution in [2.24, 2.45) is 0 Å². The van der Waals surface area contributed by atoms with E-state index in [1.807, 2.05) is 23.5 Å². The van der Waals surface area contributed by atoms with Crippen molar-refractivity contribution >= 4 is 140 Å². The van der Waals surface area contributed by atoms with E-state index in [0.29, 0.717) is 6.61 Å². The molecule has 3 N–H and O–H groups in total. The molecule has 0 amide bonds. The molecule has 0 bridgehead atoms. The fraction of sp³-hybridized carbons (Fsp3) is 0.944. The zero-order chi connectivity index (χ0) is 24.3. The summed E-state index contributed by atoms with van der Waals surface area (Å²) < 4.78 is 10.4. The first-order valence-electron chi connectivity index (χ1n) is 9.83. The molecular formula is C18H41BrCs2O8S4+. The molecule has 8 nitrogen and oxygen atoms in total. The number of halogens is 1. The summed E-state index contributed by atoms with van der Waals surface area (Å²) in [6.45, 7) is 3.84. The third kappa shape index (κ3) is 78.7. The van der Waals surface area contributed by atoms with Crippen molar-refractivity contribution in [2.75, 3.05) is 86.1 Å². The third-order valence-electron chi connectivity index (χ3n) is 2.45. The van der Waals surface area contributed by atoms with Gasteiger partial charge in [0.1, 0.15) is 5.75 Å².